The molecule has 1 aromatic heterocycles. The summed E-state index contributed by atoms with van der Waals surface area (Å²) in [6.07, 6.45) is 6.58. The van der Waals surface area contributed by atoms with E-state index in [1.165, 1.54) is 19.3 Å². The van der Waals surface area contributed by atoms with E-state index in [9.17, 15) is 4.79 Å². The third-order valence-electron chi connectivity index (χ3n) is 4.63. The minimum atomic E-state index is 0.0301. The van der Waals surface area contributed by atoms with E-state index in [0.717, 1.165) is 17.8 Å². The fourth-order valence-electron chi connectivity index (χ4n) is 3.18. The van der Waals surface area contributed by atoms with Gasteiger partial charge in [-0.05, 0) is 56.0 Å². The van der Waals surface area contributed by atoms with Gasteiger partial charge in [0.25, 0.3) is 5.91 Å². The molecule has 116 valence electrons. The maximum atomic E-state index is 12.4. The fourth-order valence-corrected chi connectivity index (χ4v) is 3.18. The summed E-state index contributed by atoms with van der Waals surface area (Å²) in [6.45, 7) is 4.24. The Morgan fingerprint density at radius 2 is 1.91 bits per heavy atom. The SMILES string of the molecule is Cc1ccnn1-c1ccc(C(=O)N[C@H]2CCCC[C@H]2C)cc1. The van der Waals surface area contributed by atoms with Crippen LogP contribution in [0, 0.1) is 12.8 Å². The van der Waals surface area contributed by atoms with E-state index < -0.39 is 0 Å². The second-order valence-electron chi connectivity index (χ2n) is 6.27. The molecule has 0 aliphatic heterocycles. The Morgan fingerprint density at radius 1 is 1.18 bits per heavy atom. The molecule has 2 aromatic rings. The molecule has 3 rings (SSSR count). The Labute approximate surface area is 131 Å². The molecule has 0 bridgehead atoms. The van der Waals surface area contributed by atoms with Gasteiger partial charge < -0.3 is 5.32 Å². The Bertz CT molecular complexity index is 645. The normalized spacial score (nSPS) is 21.5. The van der Waals surface area contributed by atoms with Crippen LogP contribution in [0.2, 0.25) is 0 Å². The van der Waals surface area contributed by atoms with Crippen molar-refractivity contribution >= 4 is 5.91 Å². The minimum absolute atomic E-state index is 0.0301. The summed E-state index contributed by atoms with van der Waals surface area (Å²) in [5, 5.41) is 7.47. The molecule has 0 spiro atoms. The van der Waals surface area contributed by atoms with Gasteiger partial charge in [0.05, 0.1) is 5.69 Å². The van der Waals surface area contributed by atoms with Gasteiger partial charge in [0.15, 0.2) is 0 Å². The Kier molecular flexibility index (Phi) is 4.27. The number of amides is 1. The van der Waals surface area contributed by atoms with E-state index in [0.29, 0.717) is 17.5 Å². The number of aryl methyl sites for hydroxylation is 1. The van der Waals surface area contributed by atoms with Crippen molar-refractivity contribution in [3.63, 3.8) is 0 Å². The first-order valence-electron chi connectivity index (χ1n) is 8.07. The first-order valence-corrected chi connectivity index (χ1v) is 8.07. The van der Waals surface area contributed by atoms with E-state index in [-0.39, 0.29) is 5.91 Å². The van der Waals surface area contributed by atoms with Crippen LogP contribution >= 0.6 is 0 Å². The number of hydrogen-bond donors (Lipinski definition) is 1. The summed E-state index contributed by atoms with van der Waals surface area (Å²) in [5.41, 5.74) is 2.77. The van der Waals surface area contributed by atoms with E-state index >= 15 is 0 Å². The first-order chi connectivity index (χ1) is 10.6. The molecule has 0 radical (unpaired) electrons. The molecule has 1 aliphatic rings. The molecule has 0 saturated heterocycles. The highest BCUT2D eigenvalue weighted by Gasteiger charge is 2.23. The Morgan fingerprint density at radius 3 is 2.55 bits per heavy atom. The molecule has 0 unspecified atom stereocenters. The number of benzene rings is 1. The van der Waals surface area contributed by atoms with Crippen LogP contribution in [0.25, 0.3) is 5.69 Å². The predicted octanol–water partition coefficient (Wildman–Crippen LogP) is 3.49. The van der Waals surface area contributed by atoms with E-state index in [1.807, 2.05) is 41.9 Å². The number of carbonyl (C=O) groups excluding carboxylic acids is 1. The van der Waals surface area contributed by atoms with Crippen molar-refractivity contribution in [1.29, 1.82) is 0 Å². The van der Waals surface area contributed by atoms with Gasteiger partial charge in [0.1, 0.15) is 0 Å². The Balaban J connectivity index is 1.70. The van der Waals surface area contributed by atoms with E-state index in [4.69, 9.17) is 0 Å². The molecule has 22 heavy (non-hydrogen) atoms. The van der Waals surface area contributed by atoms with Crippen molar-refractivity contribution in [2.45, 2.75) is 45.6 Å². The second-order valence-corrected chi connectivity index (χ2v) is 6.27. The molecule has 1 heterocycles. The van der Waals surface area contributed by atoms with Crippen molar-refractivity contribution in [2.75, 3.05) is 0 Å². The van der Waals surface area contributed by atoms with Gasteiger partial charge in [-0.2, -0.15) is 5.10 Å². The summed E-state index contributed by atoms with van der Waals surface area (Å²) in [5.74, 6) is 0.603. The van der Waals surface area contributed by atoms with Gasteiger partial charge in [-0.25, -0.2) is 4.68 Å². The van der Waals surface area contributed by atoms with Crippen LogP contribution in [-0.4, -0.2) is 21.7 Å². The smallest absolute Gasteiger partial charge is 0.251 e. The molecule has 1 saturated carbocycles. The zero-order chi connectivity index (χ0) is 15.5. The molecule has 1 aromatic carbocycles. The third kappa shape index (κ3) is 3.06. The lowest BCUT2D eigenvalue weighted by molar-refractivity contribution is 0.0910. The monoisotopic (exact) mass is 297 g/mol. The van der Waals surface area contributed by atoms with Crippen LogP contribution in [0.5, 0.6) is 0 Å². The lowest BCUT2D eigenvalue weighted by Gasteiger charge is -2.29. The van der Waals surface area contributed by atoms with Gasteiger partial charge in [0.2, 0.25) is 0 Å². The molecule has 2 atom stereocenters. The topological polar surface area (TPSA) is 46.9 Å². The highest BCUT2D eigenvalue weighted by molar-refractivity contribution is 5.94. The first kappa shape index (κ1) is 14.8. The third-order valence-corrected chi connectivity index (χ3v) is 4.63. The van der Waals surface area contributed by atoms with Gasteiger partial charge in [-0.15, -0.1) is 0 Å². The molecule has 1 fully saturated rings. The highest BCUT2D eigenvalue weighted by atomic mass is 16.1. The van der Waals surface area contributed by atoms with Gasteiger partial charge in [0, 0.05) is 23.5 Å². The number of hydrogen-bond acceptors (Lipinski definition) is 2. The van der Waals surface area contributed by atoms with Crippen LogP contribution in [0.1, 0.15) is 48.7 Å². The number of aromatic nitrogens is 2. The molecule has 4 nitrogen and oxygen atoms in total. The number of rotatable bonds is 3. The van der Waals surface area contributed by atoms with Gasteiger partial charge in [-0.1, -0.05) is 19.8 Å². The molecule has 4 heteroatoms. The van der Waals surface area contributed by atoms with Crippen LogP contribution in [-0.2, 0) is 0 Å². The summed E-state index contributed by atoms with van der Waals surface area (Å²) >= 11 is 0. The maximum Gasteiger partial charge on any atom is 0.251 e. The van der Waals surface area contributed by atoms with Gasteiger partial charge >= 0.3 is 0 Å². The van der Waals surface area contributed by atoms with Crippen LogP contribution in [0.4, 0.5) is 0 Å². The summed E-state index contributed by atoms with van der Waals surface area (Å²) in [4.78, 5) is 12.4. The lowest BCUT2D eigenvalue weighted by Crippen LogP contribution is -2.41. The largest absolute Gasteiger partial charge is 0.349 e. The summed E-state index contributed by atoms with van der Waals surface area (Å²) < 4.78 is 1.87. The minimum Gasteiger partial charge on any atom is -0.349 e. The van der Waals surface area contributed by atoms with Crippen LogP contribution in [0.3, 0.4) is 0 Å². The van der Waals surface area contributed by atoms with Crippen molar-refractivity contribution in [2.24, 2.45) is 5.92 Å². The number of nitrogens with one attached hydrogen (secondary N) is 1. The zero-order valence-electron chi connectivity index (χ0n) is 13.2. The van der Waals surface area contributed by atoms with Crippen LogP contribution in [0.15, 0.2) is 36.5 Å². The fraction of sp³-hybridized carbons (Fsp3) is 0.444. The maximum absolute atomic E-state index is 12.4. The molecule has 1 amide bonds. The summed E-state index contributed by atoms with van der Waals surface area (Å²) in [7, 11) is 0. The van der Waals surface area contributed by atoms with Gasteiger partial charge in [-0.3, -0.25) is 4.79 Å². The molecular weight excluding hydrogens is 274 g/mol. The quantitative estimate of drug-likeness (QED) is 0.942. The van der Waals surface area contributed by atoms with E-state index in [1.54, 1.807) is 6.20 Å². The van der Waals surface area contributed by atoms with E-state index in [2.05, 4.69) is 17.3 Å². The van der Waals surface area contributed by atoms with Crippen molar-refractivity contribution in [3.8, 4) is 5.69 Å². The van der Waals surface area contributed by atoms with Crippen molar-refractivity contribution < 1.29 is 4.79 Å². The number of nitrogens with zero attached hydrogens (tertiary/aromatic N) is 2. The van der Waals surface area contributed by atoms with Crippen molar-refractivity contribution in [1.82, 2.24) is 15.1 Å². The molecule has 1 N–H and O–H groups in total. The average Bonchev–Trinajstić information content (AvgIpc) is 2.96. The molecule has 1 aliphatic carbocycles. The molecular formula is C18H23N3O. The zero-order valence-corrected chi connectivity index (χ0v) is 13.2. The predicted molar refractivity (Wildman–Crippen MR) is 87.2 cm³/mol. The number of carbonyl (C=O) groups is 1. The summed E-state index contributed by atoms with van der Waals surface area (Å²) in [6, 6.07) is 9.91. The average molecular weight is 297 g/mol. The Hall–Kier alpha value is -2.10. The second kappa shape index (κ2) is 6.34. The highest BCUT2D eigenvalue weighted by Crippen LogP contribution is 2.24. The standard InChI is InChI=1S/C18H23N3O/c1-13-5-3-4-6-17(13)20-18(22)15-7-9-16(10-8-15)21-14(2)11-12-19-21/h7-13,17H,3-6H2,1-2H3,(H,20,22)/t13-,17+/m1/s1. The lowest BCUT2D eigenvalue weighted by atomic mass is 9.86. The van der Waals surface area contributed by atoms with Crippen molar-refractivity contribution in [3.05, 3.63) is 47.8 Å². The van der Waals surface area contributed by atoms with Crippen LogP contribution < -0.4 is 5.32 Å².